The lowest BCUT2D eigenvalue weighted by Gasteiger charge is -2.08. The summed E-state index contributed by atoms with van der Waals surface area (Å²) < 4.78 is 0. The summed E-state index contributed by atoms with van der Waals surface area (Å²) in [5.74, 6) is -0.0444. The molecule has 0 heterocycles. The molecule has 0 aromatic heterocycles. The zero-order chi connectivity index (χ0) is 15.0. The van der Waals surface area contributed by atoms with E-state index >= 15 is 0 Å². The number of benzene rings is 1. The molecule has 0 bridgehead atoms. The molecule has 1 rings (SSSR count). The minimum Gasteiger partial charge on any atom is -0.402 e. The van der Waals surface area contributed by atoms with Crippen LogP contribution in [0.5, 0.6) is 0 Å². The minimum absolute atomic E-state index is 0.0444. The molecule has 0 atom stereocenters. The fourth-order valence-corrected chi connectivity index (χ4v) is 1.85. The highest BCUT2D eigenvalue weighted by Crippen LogP contribution is 2.24. The van der Waals surface area contributed by atoms with Crippen molar-refractivity contribution in [1.82, 2.24) is 0 Å². The molecule has 0 radical (unpaired) electrons. The Bertz CT molecular complexity index is 467. The first-order valence-corrected chi connectivity index (χ1v) is 6.79. The highest BCUT2D eigenvalue weighted by atomic mass is 35.5. The van der Waals surface area contributed by atoms with Crippen molar-refractivity contribution >= 4 is 23.1 Å². The quantitative estimate of drug-likeness (QED) is 0.654. The van der Waals surface area contributed by atoms with E-state index in [4.69, 9.17) is 23.1 Å². The topological polar surface area (TPSA) is 69.1 Å². The van der Waals surface area contributed by atoms with Gasteiger partial charge in [0.1, 0.15) is 0 Å². The molecule has 4 N–H and O–H groups in total. The minimum atomic E-state index is -0.0444. The molecule has 1 aromatic rings. The lowest BCUT2D eigenvalue weighted by atomic mass is 10.0. The normalized spacial score (nSPS) is 10.7. The van der Waals surface area contributed by atoms with E-state index in [1.165, 1.54) is 13.0 Å². The smallest absolute Gasteiger partial charge is 0.154 e. The van der Waals surface area contributed by atoms with Crippen LogP contribution in [0.2, 0.25) is 5.02 Å². The first kappa shape index (κ1) is 17.5. The number of anilines is 1. The van der Waals surface area contributed by atoms with Crippen molar-refractivity contribution in [1.29, 1.82) is 0 Å². The zero-order valence-corrected chi connectivity index (χ0v) is 12.8. The van der Waals surface area contributed by atoms with Crippen LogP contribution < -0.4 is 11.5 Å². The maximum Gasteiger partial charge on any atom is 0.154 e. The molecule has 19 heavy (non-hydrogen) atoms. The highest BCUT2D eigenvalue weighted by Gasteiger charge is 2.04. The molecule has 0 aliphatic carbocycles. The molecule has 3 nitrogen and oxygen atoms in total. The summed E-state index contributed by atoms with van der Waals surface area (Å²) in [5.41, 5.74) is 14.7. The second-order valence-electron chi connectivity index (χ2n) is 4.13. The number of hydrogen-bond donors (Lipinski definition) is 2. The summed E-state index contributed by atoms with van der Waals surface area (Å²) in [4.78, 5) is 10.8. The van der Waals surface area contributed by atoms with E-state index in [9.17, 15) is 4.79 Å². The van der Waals surface area contributed by atoms with Crippen molar-refractivity contribution < 1.29 is 4.79 Å². The average Bonchev–Trinajstić information content (AvgIpc) is 2.34. The summed E-state index contributed by atoms with van der Waals surface area (Å²) in [5, 5.41) is 0.687. The lowest BCUT2D eigenvalue weighted by Crippen LogP contribution is -2.03. The van der Waals surface area contributed by atoms with Crippen LogP contribution in [0.1, 0.15) is 38.3 Å². The van der Waals surface area contributed by atoms with Gasteiger partial charge in [-0.3, -0.25) is 4.79 Å². The molecular formula is C15H23ClN2O. The maximum absolute atomic E-state index is 10.8. The van der Waals surface area contributed by atoms with E-state index in [1.54, 1.807) is 0 Å². The predicted molar refractivity (Wildman–Crippen MR) is 83.2 cm³/mol. The van der Waals surface area contributed by atoms with E-state index in [-0.39, 0.29) is 5.78 Å². The van der Waals surface area contributed by atoms with Crippen molar-refractivity contribution in [3.8, 4) is 0 Å². The Morgan fingerprint density at radius 1 is 1.37 bits per heavy atom. The Morgan fingerprint density at radius 3 is 2.47 bits per heavy atom. The molecule has 0 saturated heterocycles. The number of carbonyl (C=O) groups is 1. The van der Waals surface area contributed by atoms with Crippen LogP contribution in [0.4, 0.5) is 5.69 Å². The summed E-state index contributed by atoms with van der Waals surface area (Å²) in [7, 11) is 0. The second kappa shape index (κ2) is 8.59. The standard InChI is InChI=1S/C13H17ClN2O.C2H6/c1-8-5-12(14)10(7-13(8)16)3-4-11(15)6-9(2)17;1-2/h5-7H,3-4,15-16H2,1-2H3;1-2H3/b11-6-;. The van der Waals surface area contributed by atoms with Crippen LogP contribution in [-0.2, 0) is 11.2 Å². The molecule has 0 aliphatic rings. The molecule has 0 aliphatic heterocycles. The third-order valence-electron chi connectivity index (χ3n) is 2.51. The van der Waals surface area contributed by atoms with Crippen molar-refractivity contribution in [3.05, 3.63) is 40.1 Å². The highest BCUT2D eigenvalue weighted by molar-refractivity contribution is 6.31. The third-order valence-corrected chi connectivity index (χ3v) is 2.86. The molecule has 0 spiro atoms. The van der Waals surface area contributed by atoms with Crippen molar-refractivity contribution in [2.24, 2.45) is 5.73 Å². The predicted octanol–water partition coefficient (Wildman–Crippen LogP) is 3.62. The molecule has 4 heteroatoms. The molecular weight excluding hydrogens is 260 g/mol. The van der Waals surface area contributed by atoms with Gasteiger partial charge in [0.05, 0.1) is 0 Å². The number of aryl methyl sites for hydroxylation is 2. The number of halogens is 1. The first-order chi connectivity index (χ1) is 8.90. The molecule has 106 valence electrons. The van der Waals surface area contributed by atoms with E-state index in [1.807, 2.05) is 32.9 Å². The van der Waals surface area contributed by atoms with E-state index < -0.39 is 0 Å². The van der Waals surface area contributed by atoms with Crippen molar-refractivity contribution in [2.45, 2.75) is 40.5 Å². The van der Waals surface area contributed by atoms with Gasteiger partial charge < -0.3 is 11.5 Å². The Hall–Kier alpha value is -1.48. The van der Waals surface area contributed by atoms with Gasteiger partial charge in [0.25, 0.3) is 0 Å². The van der Waals surface area contributed by atoms with E-state index in [0.29, 0.717) is 23.6 Å². The molecule has 1 aromatic carbocycles. The van der Waals surface area contributed by atoms with Gasteiger partial charge >= 0.3 is 0 Å². The SMILES string of the molecule is CC.CC(=O)/C=C(\N)CCc1cc(N)c(C)cc1Cl. The van der Waals surface area contributed by atoms with Crippen LogP contribution in [-0.4, -0.2) is 5.78 Å². The number of nitrogen functional groups attached to an aromatic ring is 1. The Labute approximate surface area is 120 Å². The van der Waals surface area contributed by atoms with E-state index in [0.717, 1.165) is 16.8 Å². The fourth-order valence-electron chi connectivity index (χ4n) is 1.54. The number of carbonyl (C=O) groups excluding carboxylic acids is 1. The Balaban J connectivity index is 0.00000154. The maximum atomic E-state index is 10.8. The first-order valence-electron chi connectivity index (χ1n) is 6.41. The van der Waals surface area contributed by atoms with Gasteiger partial charge in [0.15, 0.2) is 5.78 Å². The lowest BCUT2D eigenvalue weighted by molar-refractivity contribution is -0.112. The van der Waals surface area contributed by atoms with Crippen molar-refractivity contribution in [3.63, 3.8) is 0 Å². The number of hydrogen-bond acceptors (Lipinski definition) is 3. The van der Waals surface area contributed by atoms with Gasteiger partial charge in [-0.2, -0.15) is 0 Å². The van der Waals surface area contributed by atoms with Gasteiger partial charge in [0.2, 0.25) is 0 Å². The second-order valence-corrected chi connectivity index (χ2v) is 4.54. The van der Waals surface area contributed by atoms with Crippen LogP contribution in [0.25, 0.3) is 0 Å². The van der Waals surface area contributed by atoms with Crippen molar-refractivity contribution in [2.75, 3.05) is 5.73 Å². The fraction of sp³-hybridized carbons (Fsp3) is 0.400. The van der Waals surface area contributed by atoms with Gasteiger partial charge in [-0.25, -0.2) is 0 Å². The third kappa shape index (κ3) is 6.30. The molecule has 0 fully saturated rings. The Morgan fingerprint density at radius 2 is 1.95 bits per heavy atom. The number of ketones is 1. The van der Waals surface area contributed by atoms with Gasteiger partial charge in [-0.05, 0) is 56.0 Å². The monoisotopic (exact) mass is 282 g/mol. The van der Waals surface area contributed by atoms with E-state index in [2.05, 4.69) is 0 Å². The summed E-state index contributed by atoms with van der Waals surface area (Å²) in [6.45, 7) is 7.39. The van der Waals surface area contributed by atoms with Gasteiger partial charge in [-0.15, -0.1) is 0 Å². The van der Waals surface area contributed by atoms with Gasteiger partial charge in [-0.1, -0.05) is 25.4 Å². The summed E-state index contributed by atoms with van der Waals surface area (Å²) >= 11 is 6.11. The number of allylic oxidation sites excluding steroid dienone is 2. The summed E-state index contributed by atoms with van der Waals surface area (Å²) in [6.07, 6.45) is 2.71. The molecule has 0 unspecified atom stereocenters. The van der Waals surface area contributed by atoms with Crippen LogP contribution in [0, 0.1) is 6.92 Å². The van der Waals surface area contributed by atoms with Crippen LogP contribution >= 0.6 is 11.6 Å². The average molecular weight is 283 g/mol. The molecule has 0 amide bonds. The van der Waals surface area contributed by atoms with Gasteiger partial charge in [0, 0.05) is 16.4 Å². The number of nitrogens with two attached hydrogens (primary N) is 2. The molecule has 0 saturated carbocycles. The van der Waals surface area contributed by atoms with Crippen LogP contribution in [0.15, 0.2) is 23.9 Å². The largest absolute Gasteiger partial charge is 0.402 e. The zero-order valence-electron chi connectivity index (χ0n) is 12.1. The Kier molecular flexibility index (Phi) is 7.92. The van der Waals surface area contributed by atoms with Crippen LogP contribution in [0.3, 0.4) is 0 Å². The number of rotatable bonds is 4. The summed E-state index contributed by atoms with van der Waals surface area (Å²) in [6, 6.07) is 3.70.